The highest BCUT2D eigenvalue weighted by Gasteiger charge is 2.21. The van der Waals surface area contributed by atoms with E-state index in [1.54, 1.807) is 0 Å². The van der Waals surface area contributed by atoms with Gasteiger partial charge in [0.2, 0.25) is 0 Å². The van der Waals surface area contributed by atoms with E-state index in [1.165, 1.54) is 97.4 Å². The van der Waals surface area contributed by atoms with Crippen LogP contribution < -0.4 is 0 Å². The number of fused-ring (bicyclic) bond motifs is 9. The molecule has 0 aliphatic carbocycles. The average Bonchev–Trinajstić information content (AvgIpc) is 3.86. The minimum atomic E-state index is 1.17. The number of aromatic nitrogens is 2. The number of benzene rings is 8. The quantitative estimate of drug-likeness (QED) is 0.177. The van der Waals surface area contributed by atoms with Crippen molar-refractivity contribution in [2.24, 2.45) is 0 Å². The zero-order chi connectivity index (χ0) is 33.5. The van der Waals surface area contributed by atoms with Crippen LogP contribution in [0.4, 0.5) is 0 Å². The molecule has 0 unspecified atom stereocenters. The van der Waals surface area contributed by atoms with Crippen LogP contribution >= 0.6 is 11.3 Å². The molecular weight excluding hydrogens is 637 g/mol. The van der Waals surface area contributed by atoms with Crippen LogP contribution in [-0.2, 0) is 0 Å². The van der Waals surface area contributed by atoms with Crippen molar-refractivity contribution >= 4 is 75.1 Å². The Morgan fingerprint density at radius 1 is 0.333 bits per heavy atom. The van der Waals surface area contributed by atoms with E-state index in [9.17, 15) is 0 Å². The van der Waals surface area contributed by atoms with E-state index < -0.39 is 0 Å². The first-order valence-electron chi connectivity index (χ1n) is 17.4. The van der Waals surface area contributed by atoms with Crippen molar-refractivity contribution in [2.45, 2.75) is 0 Å². The summed E-state index contributed by atoms with van der Waals surface area (Å²) in [6.07, 6.45) is 0. The van der Waals surface area contributed by atoms with Crippen LogP contribution in [0.5, 0.6) is 0 Å². The largest absolute Gasteiger partial charge is 0.309 e. The fourth-order valence-electron chi connectivity index (χ4n) is 8.41. The third-order valence-corrected chi connectivity index (χ3v) is 11.7. The van der Waals surface area contributed by atoms with Crippen LogP contribution in [0.25, 0.3) is 97.4 Å². The predicted octanol–water partition coefficient (Wildman–Crippen LogP) is 13.6. The molecule has 0 aliphatic heterocycles. The second-order valence-electron chi connectivity index (χ2n) is 13.3. The first-order valence-corrected chi connectivity index (χ1v) is 18.3. The van der Waals surface area contributed by atoms with Gasteiger partial charge in [-0.2, -0.15) is 0 Å². The first-order chi connectivity index (χ1) is 25.3. The van der Waals surface area contributed by atoms with Crippen LogP contribution in [0, 0.1) is 0 Å². The first kappa shape index (κ1) is 28.4. The fraction of sp³-hybridized carbons (Fsp3) is 0. The van der Waals surface area contributed by atoms with E-state index in [-0.39, 0.29) is 0 Å². The Hall–Kier alpha value is -6.42. The van der Waals surface area contributed by atoms with Gasteiger partial charge in [-0.1, -0.05) is 127 Å². The highest BCUT2D eigenvalue weighted by Crippen LogP contribution is 2.46. The van der Waals surface area contributed by atoms with E-state index >= 15 is 0 Å². The summed E-state index contributed by atoms with van der Waals surface area (Å²) in [4.78, 5) is 0. The van der Waals surface area contributed by atoms with Gasteiger partial charge < -0.3 is 9.13 Å². The molecule has 11 rings (SSSR count). The van der Waals surface area contributed by atoms with Gasteiger partial charge in [-0.05, 0) is 76.9 Å². The lowest BCUT2D eigenvalue weighted by atomic mass is 9.92. The summed E-state index contributed by atoms with van der Waals surface area (Å²) in [7, 11) is 0. The second-order valence-corrected chi connectivity index (χ2v) is 14.4. The van der Waals surface area contributed by atoms with E-state index in [2.05, 4.69) is 191 Å². The number of nitrogens with zero attached hydrogens (tertiary/aromatic N) is 2. The number of hydrogen-bond donors (Lipinski definition) is 0. The summed E-state index contributed by atoms with van der Waals surface area (Å²) in [5.74, 6) is 0. The van der Waals surface area contributed by atoms with Crippen molar-refractivity contribution in [3.8, 4) is 33.6 Å². The van der Waals surface area contributed by atoms with E-state index in [0.717, 1.165) is 0 Å². The molecule has 3 aromatic heterocycles. The summed E-state index contributed by atoms with van der Waals surface area (Å²) in [5.41, 5.74) is 12.2. The molecule has 8 aromatic carbocycles. The van der Waals surface area contributed by atoms with Crippen molar-refractivity contribution < 1.29 is 0 Å². The number of thiophene rings is 1. The molecule has 0 radical (unpaired) electrons. The number of hydrogen-bond acceptors (Lipinski definition) is 1. The van der Waals surface area contributed by atoms with Crippen LogP contribution in [0.3, 0.4) is 0 Å². The van der Waals surface area contributed by atoms with Gasteiger partial charge in [-0.25, -0.2) is 0 Å². The maximum atomic E-state index is 2.49. The molecule has 0 aliphatic rings. The van der Waals surface area contributed by atoms with Gasteiger partial charge >= 0.3 is 0 Å². The Bertz CT molecular complexity index is 3090. The van der Waals surface area contributed by atoms with Crippen molar-refractivity contribution in [3.63, 3.8) is 0 Å². The van der Waals surface area contributed by atoms with Crippen LogP contribution in [0.15, 0.2) is 182 Å². The second kappa shape index (κ2) is 11.0. The van der Waals surface area contributed by atoms with E-state index in [1.807, 2.05) is 11.3 Å². The molecule has 0 N–H and O–H groups in total. The molecule has 0 amide bonds. The van der Waals surface area contributed by atoms with Gasteiger partial charge in [-0.15, -0.1) is 11.3 Å². The third kappa shape index (κ3) is 4.16. The molecule has 0 bridgehead atoms. The lowest BCUT2D eigenvalue weighted by Crippen LogP contribution is -1.96. The lowest BCUT2D eigenvalue weighted by Gasteiger charge is -2.14. The normalized spacial score (nSPS) is 11.9. The summed E-state index contributed by atoms with van der Waals surface area (Å²) >= 11 is 1.88. The Kier molecular flexibility index (Phi) is 6.16. The van der Waals surface area contributed by atoms with Crippen molar-refractivity contribution in [2.75, 3.05) is 0 Å². The SMILES string of the molecule is c1ccc(-c2ccccc2-c2cccc3sc4cccc(-n5c6ccccc6c6cc(-n7c8ccccc8c8ccccc87)ccc65)c4c23)cc1. The van der Waals surface area contributed by atoms with E-state index in [0.29, 0.717) is 0 Å². The summed E-state index contributed by atoms with van der Waals surface area (Å²) in [6, 6.07) is 66.6. The maximum absolute atomic E-state index is 2.49. The zero-order valence-corrected chi connectivity index (χ0v) is 28.4. The molecular formula is C48H30N2S. The minimum Gasteiger partial charge on any atom is -0.309 e. The standard InChI is InChI=1S/C48H30N2S/c1-2-14-31(15-3-1)33-16-4-5-17-34(33)38-21-12-26-45-47(38)48-44(25-13-27-46(48)51-45)50-42-24-11-8-20-37(42)39-30-32(28-29-43(39)50)49-40-22-9-6-18-35(40)36-19-7-10-23-41(36)49/h1-30H. The van der Waals surface area contributed by atoms with Crippen molar-refractivity contribution in [3.05, 3.63) is 182 Å². The number of para-hydroxylation sites is 3. The maximum Gasteiger partial charge on any atom is 0.0555 e. The van der Waals surface area contributed by atoms with Gasteiger partial charge in [0.05, 0.1) is 27.8 Å². The Morgan fingerprint density at radius 2 is 0.863 bits per heavy atom. The highest BCUT2D eigenvalue weighted by molar-refractivity contribution is 7.26. The molecule has 3 heteroatoms. The van der Waals surface area contributed by atoms with Gasteiger partial charge in [-0.3, -0.25) is 0 Å². The molecule has 3 heterocycles. The molecule has 0 spiro atoms. The Morgan fingerprint density at radius 3 is 1.59 bits per heavy atom. The molecule has 0 saturated carbocycles. The molecule has 11 aromatic rings. The zero-order valence-electron chi connectivity index (χ0n) is 27.6. The summed E-state index contributed by atoms with van der Waals surface area (Å²) < 4.78 is 7.50. The summed E-state index contributed by atoms with van der Waals surface area (Å²) in [5, 5.41) is 7.65. The third-order valence-electron chi connectivity index (χ3n) is 10.5. The van der Waals surface area contributed by atoms with Gasteiger partial charge in [0.1, 0.15) is 0 Å². The molecule has 0 saturated heterocycles. The molecule has 0 fully saturated rings. The smallest absolute Gasteiger partial charge is 0.0555 e. The van der Waals surface area contributed by atoms with Gasteiger partial charge in [0, 0.05) is 47.4 Å². The van der Waals surface area contributed by atoms with Crippen LogP contribution in [0.1, 0.15) is 0 Å². The van der Waals surface area contributed by atoms with Crippen molar-refractivity contribution in [1.82, 2.24) is 9.13 Å². The average molecular weight is 667 g/mol. The van der Waals surface area contributed by atoms with Gasteiger partial charge in [0.15, 0.2) is 0 Å². The predicted molar refractivity (Wildman–Crippen MR) is 219 cm³/mol. The Balaban J connectivity index is 1.20. The van der Waals surface area contributed by atoms with Crippen LogP contribution in [0.2, 0.25) is 0 Å². The van der Waals surface area contributed by atoms with Gasteiger partial charge in [0.25, 0.3) is 0 Å². The van der Waals surface area contributed by atoms with Crippen LogP contribution in [-0.4, -0.2) is 9.13 Å². The van der Waals surface area contributed by atoms with E-state index in [4.69, 9.17) is 0 Å². The minimum absolute atomic E-state index is 1.17. The van der Waals surface area contributed by atoms with Crippen molar-refractivity contribution in [1.29, 1.82) is 0 Å². The molecule has 51 heavy (non-hydrogen) atoms. The summed E-state index contributed by atoms with van der Waals surface area (Å²) in [6.45, 7) is 0. The molecule has 2 nitrogen and oxygen atoms in total. The molecule has 238 valence electrons. The monoisotopic (exact) mass is 666 g/mol. The Labute approximate surface area is 298 Å². The highest BCUT2D eigenvalue weighted by atomic mass is 32.1. The fourth-order valence-corrected chi connectivity index (χ4v) is 9.56. The lowest BCUT2D eigenvalue weighted by molar-refractivity contribution is 1.17. The number of rotatable bonds is 4. The molecule has 0 atom stereocenters. The topological polar surface area (TPSA) is 9.86 Å².